The van der Waals surface area contributed by atoms with Crippen molar-refractivity contribution in [1.82, 2.24) is 15.5 Å². The largest absolute Gasteiger partial charge is 0.493 e. The zero-order valence-electron chi connectivity index (χ0n) is 17.3. The summed E-state index contributed by atoms with van der Waals surface area (Å²) >= 11 is 0. The molecule has 1 fully saturated rings. The first-order valence-electron chi connectivity index (χ1n) is 10.1. The Bertz CT molecular complexity index is 651. The van der Waals surface area contributed by atoms with Crippen molar-refractivity contribution < 1.29 is 19.1 Å². The maximum absolute atomic E-state index is 12.2. The van der Waals surface area contributed by atoms with Gasteiger partial charge in [0.2, 0.25) is 5.91 Å². The Morgan fingerprint density at radius 2 is 1.89 bits per heavy atom. The highest BCUT2D eigenvalue weighted by atomic mass is 16.5. The predicted molar refractivity (Wildman–Crippen MR) is 109 cm³/mol. The molecule has 0 aliphatic carbocycles. The lowest BCUT2D eigenvalue weighted by molar-refractivity contribution is -0.120. The van der Waals surface area contributed by atoms with Gasteiger partial charge < -0.3 is 25.0 Å². The van der Waals surface area contributed by atoms with Gasteiger partial charge in [0, 0.05) is 18.2 Å². The zero-order chi connectivity index (χ0) is 20.4. The molecule has 28 heavy (non-hydrogen) atoms. The van der Waals surface area contributed by atoms with E-state index in [-0.39, 0.29) is 18.4 Å². The third kappa shape index (κ3) is 6.71. The van der Waals surface area contributed by atoms with Gasteiger partial charge in [-0.2, -0.15) is 0 Å². The number of ether oxygens (including phenoxy) is 2. The number of rotatable bonds is 10. The van der Waals surface area contributed by atoms with Gasteiger partial charge in [0.1, 0.15) is 0 Å². The van der Waals surface area contributed by atoms with Crippen molar-refractivity contribution in [3.63, 3.8) is 0 Å². The van der Waals surface area contributed by atoms with E-state index in [9.17, 15) is 9.59 Å². The molecule has 156 valence electrons. The monoisotopic (exact) mass is 391 g/mol. The van der Waals surface area contributed by atoms with Gasteiger partial charge >= 0.3 is 0 Å². The van der Waals surface area contributed by atoms with Gasteiger partial charge in [0.15, 0.2) is 11.5 Å². The number of nitrogens with one attached hydrogen (secondary N) is 2. The molecule has 1 aliphatic heterocycles. The number of hydrogen-bond acceptors (Lipinski definition) is 5. The van der Waals surface area contributed by atoms with Crippen LogP contribution in [0.15, 0.2) is 18.2 Å². The fraction of sp³-hybridized carbons (Fsp3) is 0.619. The maximum atomic E-state index is 12.2. The minimum absolute atomic E-state index is 0.0453. The standard InChI is InChI=1S/C21H33N3O4/c1-16-8-4-6-12-24(16)13-7-5-11-22-20(25)15-23-21(26)17-9-10-18(27-2)19(14-17)28-3/h9-10,14,16H,4-8,11-13,15H2,1-3H3,(H,22,25)(H,23,26). The van der Waals surface area contributed by atoms with E-state index < -0.39 is 0 Å². The molecule has 0 radical (unpaired) electrons. The molecule has 1 aliphatic rings. The van der Waals surface area contributed by atoms with Crippen LogP contribution in [0, 0.1) is 0 Å². The van der Waals surface area contributed by atoms with Crippen LogP contribution < -0.4 is 20.1 Å². The number of methoxy groups -OCH3 is 2. The van der Waals surface area contributed by atoms with Gasteiger partial charge in [0.05, 0.1) is 20.8 Å². The van der Waals surface area contributed by atoms with E-state index in [0.717, 1.165) is 19.4 Å². The van der Waals surface area contributed by atoms with Crippen molar-refractivity contribution in [2.75, 3.05) is 40.4 Å². The fourth-order valence-electron chi connectivity index (χ4n) is 3.46. The number of nitrogens with zero attached hydrogens (tertiary/aromatic N) is 1. The van der Waals surface area contributed by atoms with Crippen LogP contribution in [0.1, 0.15) is 49.4 Å². The van der Waals surface area contributed by atoms with Crippen molar-refractivity contribution >= 4 is 11.8 Å². The Hall–Kier alpha value is -2.28. The highest BCUT2D eigenvalue weighted by molar-refractivity contribution is 5.97. The molecule has 2 rings (SSSR count). The summed E-state index contributed by atoms with van der Waals surface area (Å²) in [5.74, 6) is 0.522. The molecule has 1 heterocycles. The van der Waals surface area contributed by atoms with E-state index in [1.54, 1.807) is 18.2 Å². The molecule has 1 unspecified atom stereocenters. The van der Waals surface area contributed by atoms with Crippen LogP contribution in [0.4, 0.5) is 0 Å². The Morgan fingerprint density at radius 1 is 1.11 bits per heavy atom. The zero-order valence-corrected chi connectivity index (χ0v) is 17.3. The summed E-state index contributed by atoms with van der Waals surface area (Å²) in [6, 6.07) is 5.57. The highest BCUT2D eigenvalue weighted by Crippen LogP contribution is 2.27. The van der Waals surface area contributed by atoms with Crippen molar-refractivity contribution in [1.29, 1.82) is 0 Å². The first-order valence-corrected chi connectivity index (χ1v) is 10.1. The molecule has 7 heteroatoms. The average Bonchev–Trinajstić information content (AvgIpc) is 2.72. The van der Waals surface area contributed by atoms with Gasteiger partial charge in [-0.05, 0) is 63.9 Å². The molecule has 0 aromatic heterocycles. The molecule has 2 amide bonds. The van der Waals surface area contributed by atoms with Crippen LogP contribution in [-0.4, -0.2) is 63.2 Å². The molecule has 2 N–H and O–H groups in total. The van der Waals surface area contributed by atoms with Crippen LogP contribution in [0.3, 0.4) is 0 Å². The lowest BCUT2D eigenvalue weighted by Crippen LogP contribution is -2.39. The number of benzene rings is 1. The molecule has 1 aromatic carbocycles. The first-order chi connectivity index (χ1) is 13.5. The Morgan fingerprint density at radius 3 is 2.61 bits per heavy atom. The molecule has 1 saturated heterocycles. The Balaban J connectivity index is 1.63. The second-order valence-electron chi connectivity index (χ2n) is 7.19. The normalized spacial score (nSPS) is 17.0. The fourth-order valence-corrected chi connectivity index (χ4v) is 3.46. The third-order valence-corrected chi connectivity index (χ3v) is 5.19. The van der Waals surface area contributed by atoms with Gasteiger partial charge in [0.25, 0.3) is 5.91 Å². The minimum Gasteiger partial charge on any atom is -0.493 e. The Labute approximate surface area is 167 Å². The van der Waals surface area contributed by atoms with Crippen molar-refractivity contribution in [2.24, 2.45) is 0 Å². The van der Waals surface area contributed by atoms with Crippen LogP contribution >= 0.6 is 0 Å². The Kier molecular flexibility index (Phi) is 9.07. The SMILES string of the molecule is COc1ccc(C(=O)NCC(=O)NCCCCN2CCCCC2C)cc1OC. The molecule has 0 spiro atoms. The summed E-state index contributed by atoms with van der Waals surface area (Å²) < 4.78 is 10.3. The molecular weight excluding hydrogens is 358 g/mol. The van der Waals surface area contributed by atoms with Crippen LogP contribution in [0.2, 0.25) is 0 Å². The minimum atomic E-state index is -0.324. The predicted octanol–water partition coefficient (Wildman–Crippen LogP) is 2.20. The van der Waals surface area contributed by atoms with E-state index in [1.807, 2.05) is 0 Å². The second-order valence-corrected chi connectivity index (χ2v) is 7.19. The van der Waals surface area contributed by atoms with E-state index in [0.29, 0.717) is 29.6 Å². The van der Waals surface area contributed by atoms with Gasteiger partial charge in [-0.15, -0.1) is 0 Å². The van der Waals surface area contributed by atoms with Crippen LogP contribution in [-0.2, 0) is 4.79 Å². The molecule has 0 saturated carbocycles. The summed E-state index contributed by atoms with van der Waals surface area (Å²) in [6.07, 6.45) is 5.93. The highest BCUT2D eigenvalue weighted by Gasteiger charge is 2.17. The van der Waals surface area contributed by atoms with E-state index >= 15 is 0 Å². The first kappa shape index (κ1) is 22.0. The smallest absolute Gasteiger partial charge is 0.251 e. The number of carbonyl (C=O) groups is 2. The maximum Gasteiger partial charge on any atom is 0.251 e. The molecular formula is C21H33N3O4. The topological polar surface area (TPSA) is 79.9 Å². The second kappa shape index (κ2) is 11.5. The van der Waals surface area contributed by atoms with Crippen LogP contribution in [0.5, 0.6) is 11.5 Å². The van der Waals surface area contributed by atoms with Crippen LogP contribution in [0.25, 0.3) is 0 Å². The number of carbonyl (C=O) groups excluding carboxylic acids is 2. The van der Waals surface area contributed by atoms with E-state index in [2.05, 4.69) is 22.5 Å². The molecule has 7 nitrogen and oxygen atoms in total. The van der Waals surface area contributed by atoms with E-state index in [1.165, 1.54) is 40.0 Å². The van der Waals surface area contributed by atoms with Gasteiger partial charge in [-0.25, -0.2) is 0 Å². The summed E-state index contributed by atoms with van der Waals surface area (Å²) in [7, 11) is 3.05. The summed E-state index contributed by atoms with van der Waals surface area (Å²) in [4.78, 5) is 26.7. The lowest BCUT2D eigenvalue weighted by Gasteiger charge is -2.33. The number of piperidine rings is 1. The number of hydrogen-bond donors (Lipinski definition) is 2. The summed E-state index contributed by atoms with van der Waals surface area (Å²) in [6.45, 7) is 5.16. The lowest BCUT2D eigenvalue weighted by atomic mass is 10.0. The van der Waals surface area contributed by atoms with Gasteiger partial charge in [-0.1, -0.05) is 6.42 Å². The van der Waals surface area contributed by atoms with Crippen molar-refractivity contribution in [3.05, 3.63) is 23.8 Å². The van der Waals surface area contributed by atoms with Crippen molar-refractivity contribution in [3.8, 4) is 11.5 Å². The molecule has 1 atom stereocenters. The number of unbranched alkanes of at least 4 members (excludes halogenated alkanes) is 1. The van der Waals surface area contributed by atoms with E-state index in [4.69, 9.17) is 9.47 Å². The third-order valence-electron chi connectivity index (χ3n) is 5.19. The number of likely N-dealkylation sites (tertiary alicyclic amines) is 1. The molecule has 0 bridgehead atoms. The summed E-state index contributed by atoms with van der Waals surface area (Å²) in [5, 5.41) is 5.49. The number of amides is 2. The quantitative estimate of drug-likeness (QED) is 0.598. The van der Waals surface area contributed by atoms with Crippen molar-refractivity contribution in [2.45, 2.75) is 45.1 Å². The average molecular weight is 392 g/mol. The molecule has 1 aromatic rings. The summed E-state index contributed by atoms with van der Waals surface area (Å²) in [5.41, 5.74) is 0.418. The van der Waals surface area contributed by atoms with Gasteiger partial charge in [-0.3, -0.25) is 9.59 Å².